The third-order valence-corrected chi connectivity index (χ3v) is 3.98. The largest absolute Gasteiger partial charge is 0.455 e. The van der Waals surface area contributed by atoms with E-state index in [0.29, 0.717) is 5.56 Å². The highest BCUT2D eigenvalue weighted by Crippen LogP contribution is 2.14. The van der Waals surface area contributed by atoms with Crippen molar-refractivity contribution in [3.8, 4) is 0 Å². The second-order valence-corrected chi connectivity index (χ2v) is 6.65. The molecule has 0 heterocycles. The number of carbonyl (C=O) groups is 2. The number of nitrogens with two attached hydrogens (primary N) is 1. The van der Waals surface area contributed by atoms with Crippen LogP contribution in [0.25, 0.3) is 0 Å². The van der Waals surface area contributed by atoms with Gasteiger partial charge in [-0.2, -0.15) is 0 Å². The lowest BCUT2D eigenvalue weighted by molar-refractivity contribution is -0.146. The number of sulfonamides is 1. The molecule has 0 atom stereocenters. The number of ether oxygens (including phenoxy) is 1. The van der Waals surface area contributed by atoms with Crippen molar-refractivity contribution in [2.45, 2.75) is 11.3 Å². The van der Waals surface area contributed by atoms with Crippen molar-refractivity contribution in [3.63, 3.8) is 0 Å². The quantitative estimate of drug-likeness (QED) is 0.745. The molecule has 1 amide bonds. The van der Waals surface area contributed by atoms with Crippen LogP contribution in [0.4, 0.5) is 10.1 Å². The Morgan fingerprint density at radius 1 is 1.12 bits per heavy atom. The lowest BCUT2D eigenvalue weighted by Gasteiger charge is -2.08. The van der Waals surface area contributed by atoms with Gasteiger partial charge in [0.05, 0.1) is 11.3 Å². The maximum absolute atomic E-state index is 12.8. The first-order valence-electron chi connectivity index (χ1n) is 7.07. The molecule has 0 fully saturated rings. The first-order chi connectivity index (χ1) is 11.7. The molecule has 2 aromatic rings. The van der Waals surface area contributed by atoms with Crippen LogP contribution in [0.2, 0.25) is 0 Å². The van der Waals surface area contributed by atoms with E-state index in [-0.39, 0.29) is 17.0 Å². The number of primary sulfonamides is 1. The zero-order valence-electron chi connectivity index (χ0n) is 12.9. The van der Waals surface area contributed by atoms with Gasteiger partial charge in [0.15, 0.2) is 6.61 Å². The normalized spacial score (nSPS) is 11.0. The van der Waals surface area contributed by atoms with Crippen molar-refractivity contribution in [3.05, 3.63) is 59.9 Å². The van der Waals surface area contributed by atoms with E-state index < -0.39 is 34.3 Å². The van der Waals surface area contributed by atoms with Crippen molar-refractivity contribution in [1.29, 1.82) is 0 Å². The molecular weight excluding hydrogens is 351 g/mol. The molecule has 0 saturated carbocycles. The summed E-state index contributed by atoms with van der Waals surface area (Å²) >= 11 is 0. The van der Waals surface area contributed by atoms with Crippen molar-refractivity contribution in [2.75, 3.05) is 11.9 Å². The summed E-state index contributed by atoms with van der Waals surface area (Å²) in [5, 5.41) is 7.40. The Hall–Kier alpha value is -2.78. The van der Waals surface area contributed by atoms with E-state index >= 15 is 0 Å². The Bertz CT molecular complexity index is 882. The van der Waals surface area contributed by atoms with Gasteiger partial charge in [-0.15, -0.1) is 0 Å². The molecule has 132 valence electrons. The number of anilines is 1. The topological polar surface area (TPSA) is 116 Å². The maximum Gasteiger partial charge on any atom is 0.310 e. The van der Waals surface area contributed by atoms with E-state index in [1.54, 1.807) is 0 Å². The van der Waals surface area contributed by atoms with Gasteiger partial charge < -0.3 is 10.1 Å². The number of hydrogen-bond acceptors (Lipinski definition) is 5. The van der Waals surface area contributed by atoms with E-state index in [1.165, 1.54) is 48.5 Å². The van der Waals surface area contributed by atoms with Crippen LogP contribution in [0.1, 0.15) is 5.56 Å². The van der Waals surface area contributed by atoms with Crippen LogP contribution in [-0.2, 0) is 30.8 Å². The number of amides is 1. The molecule has 0 aliphatic rings. The summed E-state index contributed by atoms with van der Waals surface area (Å²) < 4.78 is 40.1. The van der Waals surface area contributed by atoms with Gasteiger partial charge in [0.1, 0.15) is 5.82 Å². The Morgan fingerprint density at radius 3 is 2.44 bits per heavy atom. The van der Waals surface area contributed by atoms with Crippen LogP contribution in [0.15, 0.2) is 53.4 Å². The fourth-order valence-electron chi connectivity index (χ4n) is 1.91. The predicted molar refractivity (Wildman–Crippen MR) is 87.5 cm³/mol. The molecule has 9 heteroatoms. The van der Waals surface area contributed by atoms with Gasteiger partial charge in [0.25, 0.3) is 5.91 Å². The van der Waals surface area contributed by atoms with E-state index in [1.807, 2.05) is 0 Å². The van der Waals surface area contributed by atoms with Gasteiger partial charge in [0.2, 0.25) is 10.0 Å². The van der Waals surface area contributed by atoms with Gasteiger partial charge in [-0.05, 0) is 35.9 Å². The minimum absolute atomic E-state index is 0.103. The fourth-order valence-corrected chi connectivity index (χ4v) is 2.47. The Labute approximate surface area is 143 Å². The summed E-state index contributed by atoms with van der Waals surface area (Å²) in [5.74, 6) is -1.71. The lowest BCUT2D eigenvalue weighted by atomic mass is 10.1. The molecule has 0 unspecified atom stereocenters. The molecule has 0 aliphatic carbocycles. The lowest BCUT2D eigenvalue weighted by Crippen LogP contribution is -2.22. The third-order valence-electron chi connectivity index (χ3n) is 3.07. The number of hydrogen-bond donors (Lipinski definition) is 2. The zero-order chi connectivity index (χ0) is 18.4. The van der Waals surface area contributed by atoms with Gasteiger partial charge in [-0.25, -0.2) is 17.9 Å². The molecule has 25 heavy (non-hydrogen) atoms. The number of halogens is 1. The van der Waals surface area contributed by atoms with E-state index in [9.17, 15) is 22.4 Å². The Kier molecular flexibility index (Phi) is 5.84. The van der Waals surface area contributed by atoms with E-state index in [0.717, 1.165) is 0 Å². The number of nitrogens with one attached hydrogen (secondary N) is 1. The highest BCUT2D eigenvalue weighted by atomic mass is 32.2. The number of carbonyl (C=O) groups excluding carboxylic acids is 2. The first kappa shape index (κ1) is 18.6. The van der Waals surface area contributed by atoms with Crippen molar-refractivity contribution in [2.24, 2.45) is 5.14 Å². The molecule has 2 aromatic carbocycles. The SMILES string of the molecule is NS(=O)(=O)c1cccc(NC(=O)COC(=O)Cc2ccc(F)cc2)c1. The van der Waals surface area contributed by atoms with Gasteiger partial charge in [0, 0.05) is 5.69 Å². The highest BCUT2D eigenvalue weighted by Gasteiger charge is 2.11. The van der Waals surface area contributed by atoms with E-state index in [2.05, 4.69) is 5.32 Å². The average molecular weight is 366 g/mol. The number of esters is 1. The zero-order valence-corrected chi connectivity index (χ0v) is 13.8. The number of benzene rings is 2. The molecule has 0 spiro atoms. The third kappa shape index (κ3) is 5.98. The summed E-state index contributed by atoms with van der Waals surface area (Å²) in [4.78, 5) is 23.3. The van der Waals surface area contributed by atoms with Crippen LogP contribution >= 0.6 is 0 Å². The number of rotatable bonds is 6. The predicted octanol–water partition coefficient (Wildman–Crippen LogP) is 1.20. The smallest absolute Gasteiger partial charge is 0.310 e. The molecular formula is C16H15FN2O5S. The van der Waals surface area contributed by atoms with Gasteiger partial charge in [-0.1, -0.05) is 18.2 Å². The molecule has 3 N–H and O–H groups in total. The summed E-state index contributed by atoms with van der Waals surface area (Å²) in [6, 6.07) is 10.7. The minimum Gasteiger partial charge on any atom is -0.455 e. The van der Waals surface area contributed by atoms with Gasteiger partial charge in [-0.3, -0.25) is 9.59 Å². The fraction of sp³-hybridized carbons (Fsp3) is 0.125. The van der Waals surface area contributed by atoms with Crippen LogP contribution in [0, 0.1) is 5.82 Å². The highest BCUT2D eigenvalue weighted by molar-refractivity contribution is 7.89. The monoisotopic (exact) mass is 366 g/mol. The second-order valence-electron chi connectivity index (χ2n) is 5.08. The molecule has 7 nitrogen and oxygen atoms in total. The second kappa shape index (κ2) is 7.86. The summed E-state index contributed by atoms with van der Waals surface area (Å²) in [6.45, 7) is -0.542. The van der Waals surface area contributed by atoms with Crippen LogP contribution < -0.4 is 10.5 Å². The van der Waals surface area contributed by atoms with Crippen LogP contribution in [0.3, 0.4) is 0 Å². The van der Waals surface area contributed by atoms with Crippen molar-refractivity contribution in [1.82, 2.24) is 0 Å². The molecule has 2 rings (SSSR count). The molecule has 0 radical (unpaired) electrons. The summed E-state index contributed by atoms with van der Waals surface area (Å²) in [6.07, 6.45) is -0.103. The van der Waals surface area contributed by atoms with Crippen molar-refractivity contribution >= 4 is 27.6 Å². The Morgan fingerprint density at radius 2 is 1.80 bits per heavy atom. The minimum atomic E-state index is -3.89. The average Bonchev–Trinajstić information content (AvgIpc) is 2.55. The first-order valence-corrected chi connectivity index (χ1v) is 8.61. The standard InChI is InChI=1S/C16H15FN2O5S/c17-12-6-4-11(5-7-12)8-16(21)24-10-15(20)19-13-2-1-3-14(9-13)25(18,22)23/h1-7,9H,8,10H2,(H,19,20)(H2,18,22,23). The molecule has 0 aromatic heterocycles. The van der Waals surface area contributed by atoms with Crippen molar-refractivity contribution < 1.29 is 27.1 Å². The molecule has 0 saturated heterocycles. The summed E-state index contributed by atoms with van der Waals surface area (Å²) in [5.41, 5.74) is 0.749. The van der Waals surface area contributed by atoms with Gasteiger partial charge >= 0.3 is 5.97 Å². The maximum atomic E-state index is 12.8. The summed E-state index contributed by atoms with van der Waals surface area (Å²) in [7, 11) is -3.89. The molecule has 0 bridgehead atoms. The molecule has 0 aliphatic heterocycles. The van der Waals surface area contributed by atoms with Crippen LogP contribution in [0.5, 0.6) is 0 Å². The Balaban J connectivity index is 1.86. The van der Waals surface area contributed by atoms with E-state index in [4.69, 9.17) is 9.88 Å². The van der Waals surface area contributed by atoms with Crippen LogP contribution in [-0.4, -0.2) is 26.9 Å².